The second kappa shape index (κ2) is 6.81. The summed E-state index contributed by atoms with van der Waals surface area (Å²) in [4.78, 5) is 0. The van der Waals surface area contributed by atoms with E-state index in [1.807, 2.05) is 37.3 Å². The molecule has 11 heavy (non-hydrogen) atoms. The van der Waals surface area contributed by atoms with Gasteiger partial charge in [0.1, 0.15) is 0 Å². The lowest BCUT2D eigenvalue weighted by atomic mass is 10.2. The van der Waals surface area contributed by atoms with Gasteiger partial charge in [-0.2, -0.15) is 0 Å². The predicted octanol–water partition coefficient (Wildman–Crippen LogP) is 3.42. The van der Waals surface area contributed by atoms with Gasteiger partial charge in [0, 0.05) is 0 Å². The Morgan fingerprint density at radius 1 is 1.09 bits per heavy atom. The van der Waals surface area contributed by atoms with Gasteiger partial charge in [-0.15, -0.1) is 0 Å². The summed E-state index contributed by atoms with van der Waals surface area (Å²) in [5.74, 6) is 0. The summed E-state index contributed by atoms with van der Waals surface area (Å²) in [7, 11) is 0. The van der Waals surface area contributed by atoms with Gasteiger partial charge in [0.2, 0.25) is 0 Å². The van der Waals surface area contributed by atoms with Crippen molar-refractivity contribution in [3.8, 4) is 0 Å². The first-order valence-corrected chi connectivity index (χ1v) is 3.59. The van der Waals surface area contributed by atoms with Gasteiger partial charge in [0.15, 0.2) is 0 Å². The van der Waals surface area contributed by atoms with Gasteiger partial charge >= 0.3 is 0 Å². The molecule has 0 aromatic rings. The molecule has 0 aliphatic heterocycles. The predicted molar refractivity (Wildman–Crippen MR) is 52.4 cm³/mol. The van der Waals surface area contributed by atoms with Crippen LogP contribution in [0.4, 0.5) is 0 Å². The Bertz CT molecular complexity index is 202. The van der Waals surface area contributed by atoms with E-state index in [2.05, 4.69) is 13.2 Å². The van der Waals surface area contributed by atoms with Crippen LogP contribution in [0.3, 0.4) is 0 Å². The molecule has 0 aromatic carbocycles. The molecule has 0 fully saturated rings. The highest BCUT2D eigenvalue weighted by atomic mass is 13.8. The number of hydrogen-bond donors (Lipinski definition) is 0. The number of allylic oxidation sites excluding steroid dienone is 8. The Balaban J connectivity index is 4.33. The zero-order valence-electron chi connectivity index (χ0n) is 6.96. The van der Waals surface area contributed by atoms with Crippen LogP contribution in [0.25, 0.3) is 0 Å². The van der Waals surface area contributed by atoms with Crippen molar-refractivity contribution in [1.29, 1.82) is 0 Å². The average Bonchev–Trinajstić information content (AvgIpc) is 2.01. The molecule has 0 rings (SSSR count). The first kappa shape index (κ1) is 9.70. The average molecular weight is 146 g/mol. The minimum atomic E-state index is 1.13. The van der Waals surface area contributed by atoms with E-state index in [1.165, 1.54) is 0 Å². The largest absolute Gasteiger partial charge is 0.0991 e. The van der Waals surface area contributed by atoms with Crippen molar-refractivity contribution >= 4 is 0 Å². The molecule has 0 atom stereocenters. The van der Waals surface area contributed by atoms with E-state index < -0.39 is 0 Å². The maximum atomic E-state index is 3.62. The van der Waals surface area contributed by atoms with Crippen molar-refractivity contribution in [1.82, 2.24) is 0 Å². The molecule has 0 amide bonds. The maximum Gasteiger partial charge on any atom is -0.0260 e. The van der Waals surface area contributed by atoms with Crippen LogP contribution in [0.5, 0.6) is 0 Å². The molecule has 0 aliphatic carbocycles. The monoisotopic (exact) mass is 146 g/mol. The van der Waals surface area contributed by atoms with Gasteiger partial charge in [0.05, 0.1) is 0 Å². The molecule has 0 spiro atoms. The van der Waals surface area contributed by atoms with Gasteiger partial charge in [-0.05, 0) is 12.5 Å². The minimum absolute atomic E-state index is 1.13. The van der Waals surface area contributed by atoms with E-state index in [1.54, 1.807) is 12.2 Å². The third-order valence-corrected chi connectivity index (χ3v) is 1.09. The lowest BCUT2D eigenvalue weighted by Gasteiger charge is -1.88. The van der Waals surface area contributed by atoms with Gasteiger partial charge in [-0.3, -0.25) is 0 Å². The molecular weight excluding hydrogens is 132 g/mol. The molecule has 0 saturated heterocycles. The van der Waals surface area contributed by atoms with Crippen molar-refractivity contribution in [3.63, 3.8) is 0 Å². The molecular formula is C11H14. The highest BCUT2D eigenvalue weighted by Gasteiger charge is 1.78. The van der Waals surface area contributed by atoms with Crippen LogP contribution in [0.1, 0.15) is 6.92 Å². The Morgan fingerprint density at radius 3 is 2.27 bits per heavy atom. The summed E-state index contributed by atoms with van der Waals surface area (Å²) in [6.45, 7) is 9.19. The molecule has 0 aliphatic rings. The van der Waals surface area contributed by atoms with Crippen LogP contribution < -0.4 is 0 Å². The van der Waals surface area contributed by atoms with Crippen molar-refractivity contribution in [2.75, 3.05) is 0 Å². The van der Waals surface area contributed by atoms with Crippen LogP contribution in [-0.4, -0.2) is 0 Å². The van der Waals surface area contributed by atoms with E-state index >= 15 is 0 Å². The second-order valence-corrected chi connectivity index (χ2v) is 2.00. The lowest BCUT2D eigenvalue weighted by Crippen LogP contribution is -1.67. The molecule has 0 N–H and O–H groups in total. The van der Waals surface area contributed by atoms with E-state index in [0.29, 0.717) is 0 Å². The molecule has 0 aromatic heterocycles. The highest BCUT2D eigenvalue weighted by molar-refractivity contribution is 5.34. The summed E-state index contributed by atoms with van der Waals surface area (Å²) in [5, 5.41) is 0. The molecule has 0 radical (unpaired) electrons. The van der Waals surface area contributed by atoms with Crippen molar-refractivity contribution in [2.45, 2.75) is 6.92 Å². The number of rotatable bonds is 4. The topological polar surface area (TPSA) is 0 Å². The summed E-state index contributed by atoms with van der Waals surface area (Å²) in [6.07, 6.45) is 13.3. The highest BCUT2D eigenvalue weighted by Crippen LogP contribution is 1.99. The Labute approximate surface area is 68.9 Å². The summed E-state index contributed by atoms with van der Waals surface area (Å²) in [6, 6.07) is 0. The van der Waals surface area contributed by atoms with Gasteiger partial charge in [0.25, 0.3) is 0 Å². The van der Waals surface area contributed by atoms with Crippen LogP contribution in [-0.2, 0) is 0 Å². The third kappa shape index (κ3) is 5.16. The summed E-state index contributed by atoms with van der Waals surface area (Å²) >= 11 is 0. The smallest absolute Gasteiger partial charge is 0.0260 e. The van der Waals surface area contributed by atoms with E-state index in [0.717, 1.165) is 5.57 Å². The SMILES string of the molecule is C=C/C=C/C(/C=C\C)=C/C=C. The molecule has 58 valence electrons. The quantitative estimate of drug-likeness (QED) is 0.533. The Morgan fingerprint density at radius 2 is 1.82 bits per heavy atom. The van der Waals surface area contributed by atoms with Crippen LogP contribution in [0.15, 0.2) is 61.3 Å². The van der Waals surface area contributed by atoms with Crippen LogP contribution >= 0.6 is 0 Å². The first-order chi connectivity index (χ1) is 5.35. The zero-order valence-corrected chi connectivity index (χ0v) is 6.96. The molecule has 0 saturated carbocycles. The van der Waals surface area contributed by atoms with Crippen molar-refractivity contribution < 1.29 is 0 Å². The van der Waals surface area contributed by atoms with Crippen LogP contribution in [0, 0.1) is 0 Å². The Hall–Kier alpha value is -1.30. The van der Waals surface area contributed by atoms with Gasteiger partial charge in [-0.1, -0.05) is 55.7 Å². The van der Waals surface area contributed by atoms with Gasteiger partial charge in [-0.25, -0.2) is 0 Å². The maximum absolute atomic E-state index is 3.62. The van der Waals surface area contributed by atoms with Gasteiger partial charge < -0.3 is 0 Å². The molecule has 0 unspecified atom stereocenters. The van der Waals surface area contributed by atoms with E-state index in [-0.39, 0.29) is 0 Å². The fourth-order valence-corrected chi connectivity index (χ4v) is 0.674. The third-order valence-electron chi connectivity index (χ3n) is 1.09. The van der Waals surface area contributed by atoms with Crippen molar-refractivity contribution in [3.05, 3.63) is 61.3 Å². The van der Waals surface area contributed by atoms with E-state index in [4.69, 9.17) is 0 Å². The molecule has 0 nitrogen and oxygen atoms in total. The molecule has 0 heteroatoms. The van der Waals surface area contributed by atoms with E-state index in [9.17, 15) is 0 Å². The molecule has 0 bridgehead atoms. The number of hydrogen-bond acceptors (Lipinski definition) is 0. The minimum Gasteiger partial charge on any atom is -0.0991 e. The van der Waals surface area contributed by atoms with Crippen molar-refractivity contribution in [2.24, 2.45) is 0 Å². The normalized spacial score (nSPS) is 12.6. The van der Waals surface area contributed by atoms with Crippen LogP contribution in [0.2, 0.25) is 0 Å². The fraction of sp³-hybridized carbons (Fsp3) is 0.0909. The zero-order chi connectivity index (χ0) is 8.53. The second-order valence-electron chi connectivity index (χ2n) is 2.00. The summed E-state index contributed by atoms with van der Waals surface area (Å²) < 4.78 is 0. The fourth-order valence-electron chi connectivity index (χ4n) is 0.674. The Kier molecular flexibility index (Phi) is 6.01. The standard InChI is InChI=1S/C11H14/c1-4-7-10-11(8-5-2)9-6-3/h4-10H,1-2H2,3H3/b9-6-,10-7+,11-8+. The first-order valence-electron chi connectivity index (χ1n) is 3.59. The molecule has 0 heterocycles. The summed E-state index contributed by atoms with van der Waals surface area (Å²) in [5.41, 5.74) is 1.13. The lowest BCUT2D eigenvalue weighted by molar-refractivity contribution is 1.63.